The molecule has 0 atom stereocenters. The zero-order valence-corrected chi connectivity index (χ0v) is 20.6. The quantitative estimate of drug-likeness (QED) is 0.276. The van der Waals surface area contributed by atoms with Crippen LogP contribution in [0.1, 0.15) is 37.5 Å². The SMILES string of the molecule is CCOc1c(/C(C)=C/C(=O)Nc2ccc(CC)cc2)cc2c(-c3ccc(Cl)cc3)coc2c1C. The molecule has 5 heteroatoms. The topological polar surface area (TPSA) is 51.5 Å². The Morgan fingerprint density at radius 3 is 2.44 bits per heavy atom. The van der Waals surface area contributed by atoms with E-state index in [-0.39, 0.29) is 5.91 Å². The number of nitrogens with one attached hydrogen (secondary N) is 1. The molecular formula is C29H28ClNO3. The van der Waals surface area contributed by atoms with Crippen LogP contribution in [0, 0.1) is 6.92 Å². The summed E-state index contributed by atoms with van der Waals surface area (Å²) in [6.45, 7) is 8.46. The number of carbonyl (C=O) groups is 1. The van der Waals surface area contributed by atoms with Gasteiger partial charge in [0, 0.05) is 38.9 Å². The molecule has 1 heterocycles. The third-order valence-corrected chi connectivity index (χ3v) is 6.14. The molecule has 3 aromatic carbocycles. The van der Waals surface area contributed by atoms with Gasteiger partial charge >= 0.3 is 0 Å². The molecule has 0 radical (unpaired) electrons. The van der Waals surface area contributed by atoms with E-state index in [1.807, 2.05) is 75.4 Å². The van der Waals surface area contributed by atoms with Crippen molar-refractivity contribution in [3.05, 3.63) is 88.6 Å². The maximum absolute atomic E-state index is 12.8. The van der Waals surface area contributed by atoms with Gasteiger partial charge < -0.3 is 14.5 Å². The van der Waals surface area contributed by atoms with Crippen molar-refractivity contribution in [1.82, 2.24) is 0 Å². The normalized spacial score (nSPS) is 11.6. The molecule has 4 rings (SSSR count). The second-order valence-electron chi connectivity index (χ2n) is 8.21. The largest absolute Gasteiger partial charge is 0.493 e. The van der Waals surface area contributed by atoms with Crippen LogP contribution in [0.25, 0.3) is 27.7 Å². The molecule has 0 bridgehead atoms. The van der Waals surface area contributed by atoms with Gasteiger partial charge in [-0.05, 0) is 74.2 Å². The van der Waals surface area contributed by atoms with Crippen LogP contribution >= 0.6 is 11.6 Å². The van der Waals surface area contributed by atoms with Crippen molar-refractivity contribution in [2.24, 2.45) is 0 Å². The zero-order chi connectivity index (χ0) is 24.2. The molecule has 34 heavy (non-hydrogen) atoms. The number of amides is 1. The number of anilines is 1. The molecular weight excluding hydrogens is 446 g/mol. The summed E-state index contributed by atoms with van der Waals surface area (Å²) in [4.78, 5) is 12.8. The fourth-order valence-electron chi connectivity index (χ4n) is 4.07. The van der Waals surface area contributed by atoms with Crippen LogP contribution < -0.4 is 10.1 Å². The third kappa shape index (κ3) is 4.87. The first-order valence-electron chi connectivity index (χ1n) is 11.4. The monoisotopic (exact) mass is 473 g/mol. The fourth-order valence-corrected chi connectivity index (χ4v) is 4.19. The Morgan fingerprint density at radius 1 is 1.09 bits per heavy atom. The zero-order valence-electron chi connectivity index (χ0n) is 19.9. The molecule has 0 fully saturated rings. The highest BCUT2D eigenvalue weighted by Gasteiger charge is 2.19. The summed E-state index contributed by atoms with van der Waals surface area (Å²) in [5, 5.41) is 4.59. The van der Waals surface area contributed by atoms with Gasteiger partial charge in [0.05, 0.1) is 12.9 Å². The van der Waals surface area contributed by atoms with Gasteiger partial charge in [-0.2, -0.15) is 0 Å². The minimum absolute atomic E-state index is 0.188. The van der Waals surface area contributed by atoms with Gasteiger partial charge in [-0.25, -0.2) is 0 Å². The van der Waals surface area contributed by atoms with E-state index >= 15 is 0 Å². The molecule has 1 amide bonds. The van der Waals surface area contributed by atoms with Crippen LogP contribution in [0.3, 0.4) is 0 Å². The predicted octanol–water partition coefficient (Wildman–Crippen LogP) is 8.06. The van der Waals surface area contributed by atoms with Gasteiger partial charge in [0.15, 0.2) is 0 Å². The van der Waals surface area contributed by atoms with Crippen LogP contribution in [0.5, 0.6) is 5.75 Å². The molecule has 0 aliphatic carbocycles. The van der Waals surface area contributed by atoms with E-state index in [0.29, 0.717) is 11.6 Å². The number of rotatable bonds is 7. The number of carbonyl (C=O) groups excluding carboxylic acids is 1. The number of benzene rings is 3. The Balaban J connectivity index is 1.74. The molecule has 0 aliphatic heterocycles. The van der Waals surface area contributed by atoms with E-state index in [0.717, 1.165) is 56.7 Å². The van der Waals surface area contributed by atoms with Gasteiger partial charge in [-0.1, -0.05) is 42.8 Å². The fraction of sp³-hybridized carbons (Fsp3) is 0.207. The van der Waals surface area contributed by atoms with Gasteiger partial charge in [0.25, 0.3) is 0 Å². The number of fused-ring (bicyclic) bond motifs is 1. The predicted molar refractivity (Wildman–Crippen MR) is 141 cm³/mol. The highest BCUT2D eigenvalue weighted by atomic mass is 35.5. The Morgan fingerprint density at radius 2 is 1.79 bits per heavy atom. The number of hydrogen-bond acceptors (Lipinski definition) is 3. The number of furan rings is 1. The molecule has 0 spiro atoms. The number of ether oxygens (including phenoxy) is 1. The van der Waals surface area contributed by atoms with Gasteiger partial charge in [0.2, 0.25) is 5.91 Å². The molecule has 0 saturated carbocycles. The average molecular weight is 474 g/mol. The second-order valence-corrected chi connectivity index (χ2v) is 8.65. The minimum Gasteiger partial charge on any atom is -0.493 e. The molecule has 1 N–H and O–H groups in total. The summed E-state index contributed by atoms with van der Waals surface area (Å²) >= 11 is 6.08. The summed E-state index contributed by atoms with van der Waals surface area (Å²) < 4.78 is 12.0. The summed E-state index contributed by atoms with van der Waals surface area (Å²) in [5.74, 6) is 0.535. The minimum atomic E-state index is -0.188. The van der Waals surface area contributed by atoms with Crippen molar-refractivity contribution < 1.29 is 13.9 Å². The van der Waals surface area contributed by atoms with Crippen molar-refractivity contribution in [1.29, 1.82) is 0 Å². The highest BCUT2D eigenvalue weighted by molar-refractivity contribution is 6.30. The van der Waals surface area contributed by atoms with Crippen molar-refractivity contribution in [3.8, 4) is 16.9 Å². The molecule has 1 aromatic heterocycles. The maximum Gasteiger partial charge on any atom is 0.248 e. The Bertz CT molecular complexity index is 1350. The van der Waals surface area contributed by atoms with E-state index in [4.69, 9.17) is 20.8 Å². The van der Waals surface area contributed by atoms with Crippen molar-refractivity contribution in [2.75, 3.05) is 11.9 Å². The number of aryl methyl sites for hydroxylation is 2. The Hall–Kier alpha value is -3.50. The smallest absolute Gasteiger partial charge is 0.248 e. The number of halogens is 1. The van der Waals surface area contributed by atoms with Crippen molar-refractivity contribution >= 4 is 39.7 Å². The van der Waals surface area contributed by atoms with Gasteiger partial charge in [-0.3, -0.25) is 4.79 Å². The van der Waals surface area contributed by atoms with E-state index in [1.54, 1.807) is 12.3 Å². The van der Waals surface area contributed by atoms with Crippen LogP contribution in [-0.2, 0) is 11.2 Å². The number of allylic oxidation sites excluding steroid dienone is 1. The highest BCUT2D eigenvalue weighted by Crippen LogP contribution is 2.41. The van der Waals surface area contributed by atoms with E-state index < -0.39 is 0 Å². The molecule has 4 nitrogen and oxygen atoms in total. The lowest BCUT2D eigenvalue weighted by molar-refractivity contribution is -0.111. The third-order valence-electron chi connectivity index (χ3n) is 5.89. The second kappa shape index (κ2) is 10.2. The molecule has 0 aliphatic rings. The lowest BCUT2D eigenvalue weighted by Gasteiger charge is -2.15. The van der Waals surface area contributed by atoms with Gasteiger partial charge in [0.1, 0.15) is 11.3 Å². The van der Waals surface area contributed by atoms with Crippen LogP contribution in [-0.4, -0.2) is 12.5 Å². The van der Waals surface area contributed by atoms with Crippen molar-refractivity contribution in [2.45, 2.75) is 34.1 Å². The van der Waals surface area contributed by atoms with Crippen LogP contribution in [0.4, 0.5) is 5.69 Å². The molecule has 174 valence electrons. The summed E-state index contributed by atoms with van der Waals surface area (Å²) in [6.07, 6.45) is 4.33. The standard InChI is InChI=1S/C29H28ClNO3/c1-5-20-7-13-23(14-8-20)31-27(32)15-18(3)24-16-25-26(21-9-11-22(30)12-10-21)17-34-29(25)19(4)28(24)33-6-2/h7-17H,5-6H2,1-4H3,(H,31,32)/b18-15+. The first-order valence-corrected chi connectivity index (χ1v) is 11.8. The molecule has 4 aromatic rings. The first-order chi connectivity index (χ1) is 16.4. The lowest BCUT2D eigenvalue weighted by Crippen LogP contribution is -2.09. The summed E-state index contributed by atoms with van der Waals surface area (Å²) in [5.41, 5.74) is 7.30. The Kier molecular flexibility index (Phi) is 7.09. The van der Waals surface area contributed by atoms with E-state index in [2.05, 4.69) is 12.2 Å². The van der Waals surface area contributed by atoms with E-state index in [9.17, 15) is 4.79 Å². The average Bonchev–Trinajstić information content (AvgIpc) is 3.26. The van der Waals surface area contributed by atoms with Gasteiger partial charge in [-0.15, -0.1) is 0 Å². The summed E-state index contributed by atoms with van der Waals surface area (Å²) in [6, 6.07) is 17.6. The Labute approximate surface area is 205 Å². The van der Waals surface area contributed by atoms with E-state index in [1.165, 1.54) is 5.56 Å². The number of hydrogen-bond donors (Lipinski definition) is 1. The van der Waals surface area contributed by atoms with Crippen molar-refractivity contribution in [3.63, 3.8) is 0 Å². The summed E-state index contributed by atoms with van der Waals surface area (Å²) in [7, 11) is 0. The first kappa shape index (κ1) is 23.7. The van der Waals surface area contributed by atoms with Crippen LogP contribution in [0.2, 0.25) is 5.02 Å². The molecule has 0 saturated heterocycles. The van der Waals surface area contributed by atoms with Crippen LogP contribution in [0.15, 0.2) is 71.4 Å². The maximum atomic E-state index is 12.8. The lowest BCUT2D eigenvalue weighted by atomic mass is 9.96. The molecule has 0 unspecified atom stereocenters.